The quantitative estimate of drug-likeness (QED) is 0.924. The van der Waals surface area contributed by atoms with Crippen LogP contribution in [0.1, 0.15) is 48.8 Å². The van der Waals surface area contributed by atoms with Gasteiger partial charge in [0.25, 0.3) is 0 Å². The lowest BCUT2D eigenvalue weighted by Crippen LogP contribution is -2.39. The molecule has 1 atom stereocenters. The van der Waals surface area contributed by atoms with E-state index in [2.05, 4.69) is 17.0 Å². The molecule has 3 rings (SSSR count). The minimum absolute atomic E-state index is 0.483. The molecule has 0 spiro atoms. The van der Waals surface area contributed by atoms with E-state index in [1.54, 1.807) is 0 Å². The molecule has 2 aliphatic rings. The molecule has 2 fully saturated rings. The summed E-state index contributed by atoms with van der Waals surface area (Å²) in [6, 6.07) is 7.89. The fraction of sp³-hybridized carbons (Fsp3) is 0.588. The van der Waals surface area contributed by atoms with Crippen molar-refractivity contribution in [3.63, 3.8) is 0 Å². The Balaban J connectivity index is 1.77. The first-order valence-electron chi connectivity index (χ1n) is 7.90. The van der Waals surface area contributed by atoms with Gasteiger partial charge in [-0.2, -0.15) is 11.8 Å². The number of hydrogen-bond donors (Lipinski definition) is 1. The number of nitrogens with zero attached hydrogens (tertiary/aromatic N) is 1. The molecule has 1 aliphatic carbocycles. The lowest BCUT2D eigenvalue weighted by molar-refractivity contribution is -0.143. The normalized spacial score (nSPS) is 22.3. The fourth-order valence-corrected chi connectivity index (χ4v) is 4.49. The first kappa shape index (κ1) is 14.9. The second-order valence-corrected chi connectivity index (χ2v) is 7.26. The summed E-state index contributed by atoms with van der Waals surface area (Å²) >= 11 is 1.91. The Labute approximate surface area is 130 Å². The van der Waals surface area contributed by atoms with Crippen molar-refractivity contribution in [2.24, 2.45) is 0 Å². The summed E-state index contributed by atoms with van der Waals surface area (Å²) in [5.74, 6) is 2.03. The second-order valence-electron chi connectivity index (χ2n) is 6.04. The number of carboxylic acids is 1. The zero-order valence-corrected chi connectivity index (χ0v) is 13.1. The number of aliphatic carboxylic acids is 1. The third-order valence-electron chi connectivity index (χ3n) is 4.72. The number of hydrogen-bond acceptors (Lipinski definition) is 3. The standard InChI is InChI=1S/C17H23NO2S/c19-17(20)16(18-9-11-21-12-10-18)15-7-5-14(6-8-15)13-3-1-2-4-13/h5-8,13,16H,1-4,9-12H2,(H,19,20)/t16-/m0/s1. The molecule has 1 saturated heterocycles. The van der Waals surface area contributed by atoms with Gasteiger partial charge >= 0.3 is 5.97 Å². The summed E-state index contributed by atoms with van der Waals surface area (Å²) in [7, 11) is 0. The number of carbonyl (C=O) groups is 1. The van der Waals surface area contributed by atoms with Gasteiger partial charge < -0.3 is 5.11 Å². The Morgan fingerprint density at radius 2 is 1.76 bits per heavy atom. The molecule has 114 valence electrons. The second kappa shape index (κ2) is 6.84. The first-order valence-corrected chi connectivity index (χ1v) is 9.05. The third-order valence-corrected chi connectivity index (χ3v) is 5.67. The van der Waals surface area contributed by atoms with Crippen LogP contribution in [0.3, 0.4) is 0 Å². The van der Waals surface area contributed by atoms with E-state index >= 15 is 0 Å². The van der Waals surface area contributed by atoms with Crippen LogP contribution in [0.15, 0.2) is 24.3 Å². The zero-order chi connectivity index (χ0) is 14.7. The molecule has 0 radical (unpaired) electrons. The predicted molar refractivity (Wildman–Crippen MR) is 86.9 cm³/mol. The molecular formula is C17H23NO2S. The molecule has 1 heterocycles. The number of benzene rings is 1. The highest BCUT2D eigenvalue weighted by Crippen LogP contribution is 2.35. The van der Waals surface area contributed by atoms with Gasteiger partial charge in [-0.15, -0.1) is 0 Å². The lowest BCUT2D eigenvalue weighted by Gasteiger charge is -2.32. The van der Waals surface area contributed by atoms with Gasteiger partial charge in [0.1, 0.15) is 6.04 Å². The van der Waals surface area contributed by atoms with Gasteiger partial charge in [-0.25, -0.2) is 0 Å². The van der Waals surface area contributed by atoms with Crippen LogP contribution in [0, 0.1) is 0 Å². The largest absolute Gasteiger partial charge is 0.480 e. The first-order chi connectivity index (χ1) is 10.3. The molecule has 0 amide bonds. The van der Waals surface area contributed by atoms with Crippen molar-refractivity contribution in [1.29, 1.82) is 0 Å². The molecule has 1 N–H and O–H groups in total. The molecule has 1 aromatic carbocycles. The summed E-state index contributed by atoms with van der Waals surface area (Å²) in [5.41, 5.74) is 2.31. The van der Waals surface area contributed by atoms with Crippen LogP contribution in [0.2, 0.25) is 0 Å². The number of carboxylic acid groups (broad SMARTS) is 1. The van der Waals surface area contributed by atoms with E-state index < -0.39 is 12.0 Å². The van der Waals surface area contributed by atoms with Gasteiger partial charge in [0.05, 0.1) is 0 Å². The average Bonchev–Trinajstić information content (AvgIpc) is 3.03. The van der Waals surface area contributed by atoms with E-state index in [1.807, 2.05) is 23.9 Å². The Morgan fingerprint density at radius 3 is 2.33 bits per heavy atom. The summed E-state index contributed by atoms with van der Waals surface area (Å²) in [6.07, 6.45) is 5.22. The van der Waals surface area contributed by atoms with Crippen LogP contribution in [0.25, 0.3) is 0 Å². The van der Waals surface area contributed by atoms with Crippen LogP contribution in [0.4, 0.5) is 0 Å². The van der Waals surface area contributed by atoms with E-state index in [0.29, 0.717) is 5.92 Å². The van der Waals surface area contributed by atoms with E-state index in [1.165, 1.54) is 31.2 Å². The fourth-order valence-electron chi connectivity index (χ4n) is 3.55. The maximum absolute atomic E-state index is 11.7. The Morgan fingerprint density at radius 1 is 1.14 bits per heavy atom. The predicted octanol–water partition coefficient (Wildman–Crippen LogP) is 3.52. The maximum atomic E-state index is 11.7. The van der Waals surface area contributed by atoms with Crippen molar-refractivity contribution in [3.8, 4) is 0 Å². The van der Waals surface area contributed by atoms with Gasteiger partial charge in [0.2, 0.25) is 0 Å². The molecule has 3 nitrogen and oxygen atoms in total. The van der Waals surface area contributed by atoms with Crippen molar-refractivity contribution in [2.45, 2.75) is 37.6 Å². The summed E-state index contributed by atoms with van der Waals surface area (Å²) < 4.78 is 0. The minimum Gasteiger partial charge on any atom is -0.480 e. The number of rotatable bonds is 4. The molecule has 0 unspecified atom stereocenters. The van der Waals surface area contributed by atoms with Gasteiger partial charge in [0.15, 0.2) is 0 Å². The van der Waals surface area contributed by atoms with Gasteiger partial charge in [-0.1, -0.05) is 37.1 Å². The van der Waals surface area contributed by atoms with Crippen LogP contribution in [-0.4, -0.2) is 40.6 Å². The zero-order valence-electron chi connectivity index (χ0n) is 12.3. The highest BCUT2D eigenvalue weighted by atomic mass is 32.2. The SMILES string of the molecule is O=C(O)[C@H](c1ccc(C2CCCC2)cc1)N1CCSCC1. The highest BCUT2D eigenvalue weighted by Gasteiger charge is 2.28. The third kappa shape index (κ3) is 3.43. The minimum atomic E-state index is -0.726. The lowest BCUT2D eigenvalue weighted by atomic mass is 9.95. The molecule has 1 aliphatic heterocycles. The monoisotopic (exact) mass is 305 g/mol. The van der Waals surface area contributed by atoms with E-state index in [0.717, 1.165) is 30.2 Å². The molecule has 4 heteroatoms. The van der Waals surface area contributed by atoms with Crippen LogP contribution < -0.4 is 0 Å². The summed E-state index contributed by atoms with van der Waals surface area (Å²) in [6.45, 7) is 1.73. The maximum Gasteiger partial charge on any atom is 0.325 e. The molecule has 1 saturated carbocycles. The van der Waals surface area contributed by atoms with Gasteiger partial charge in [-0.05, 0) is 29.9 Å². The highest BCUT2D eigenvalue weighted by molar-refractivity contribution is 7.99. The molecule has 1 aromatic rings. The van der Waals surface area contributed by atoms with Crippen molar-refractivity contribution in [1.82, 2.24) is 4.90 Å². The number of thioether (sulfide) groups is 1. The van der Waals surface area contributed by atoms with Crippen molar-refractivity contribution >= 4 is 17.7 Å². The van der Waals surface area contributed by atoms with Crippen LogP contribution >= 0.6 is 11.8 Å². The summed E-state index contributed by atoms with van der Waals surface area (Å²) in [5, 5.41) is 9.61. The van der Waals surface area contributed by atoms with Crippen molar-refractivity contribution in [3.05, 3.63) is 35.4 Å². The molecule has 0 bridgehead atoms. The van der Waals surface area contributed by atoms with Crippen molar-refractivity contribution in [2.75, 3.05) is 24.6 Å². The molecular weight excluding hydrogens is 282 g/mol. The Hall–Kier alpha value is -1.00. The Bertz CT molecular complexity index is 476. The topological polar surface area (TPSA) is 40.5 Å². The molecule has 21 heavy (non-hydrogen) atoms. The Kier molecular flexibility index (Phi) is 4.86. The van der Waals surface area contributed by atoms with Crippen LogP contribution in [0.5, 0.6) is 0 Å². The van der Waals surface area contributed by atoms with Gasteiger partial charge in [-0.3, -0.25) is 9.69 Å². The summed E-state index contributed by atoms with van der Waals surface area (Å²) in [4.78, 5) is 13.8. The average molecular weight is 305 g/mol. The van der Waals surface area contributed by atoms with Crippen LogP contribution in [-0.2, 0) is 4.79 Å². The van der Waals surface area contributed by atoms with Gasteiger partial charge in [0, 0.05) is 24.6 Å². The smallest absolute Gasteiger partial charge is 0.325 e. The van der Waals surface area contributed by atoms with Crippen molar-refractivity contribution < 1.29 is 9.90 Å². The van der Waals surface area contributed by atoms with E-state index in [-0.39, 0.29) is 0 Å². The van der Waals surface area contributed by atoms with E-state index in [9.17, 15) is 9.90 Å². The molecule has 0 aromatic heterocycles. The van der Waals surface area contributed by atoms with E-state index in [4.69, 9.17) is 0 Å².